The first-order valence-electron chi connectivity index (χ1n) is 4.12. The lowest BCUT2D eigenvalue weighted by atomic mass is 10.4. The number of carbonyl (C=O) groups is 2. The molecule has 2 atom stereocenters. The van der Waals surface area contributed by atoms with Gasteiger partial charge in [0.05, 0.1) is 0 Å². The number of thiol groups is 1. The zero-order chi connectivity index (χ0) is 11.8. The molecular weight excluding hydrogens is 240 g/mol. The third-order valence-corrected chi connectivity index (χ3v) is 2.86. The van der Waals surface area contributed by atoms with E-state index < -0.39 is 18.0 Å². The summed E-state index contributed by atoms with van der Waals surface area (Å²) in [5.41, 5.74) is 4.94. The minimum Gasteiger partial charge on any atom is -0.480 e. The monoisotopic (exact) mass is 254 g/mol. The highest BCUT2D eigenvalue weighted by Gasteiger charge is 2.20. The standard InChI is InChI=1S/C4H7NO2S.C3H7NO2S/c6-4(7)3-1-8-2-5-3;4-2(1-7)3(5)6/h3,5H,1-2H2,(H,6,7);2,7H,1,4H2,(H,5,6). The molecule has 0 bridgehead atoms. The number of carboxylic acid groups (broad SMARTS) is 2. The third kappa shape index (κ3) is 6.61. The number of hydrogen-bond acceptors (Lipinski definition) is 6. The molecule has 0 radical (unpaired) electrons. The van der Waals surface area contributed by atoms with Crippen LogP contribution in [-0.4, -0.2) is 51.6 Å². The number of carboxylic acids is 2. The SMILES string of the molecule is NC(CS)C(=O)O.O=C(O)C1CSCN1. The number of thioether (sulfide) groups is 1. The van der Waals surface area contributed by atoms with Crippen LogP contribution in [-0.2, 0) is 9.59 Å². The number of aliphatic carboxylic acids is 2. The van der Waals surface area contributed by atoms with E-state index in [0.717, 1.165) is 5.88 Å². The molecule has 0 aromatic heterocycles. The van der Waals surface area contributed by atoms with Gasteiger partial charge >= 0.3 is 11.9 Å². The molecule has 8 heteroatoms. The van der Waals surface area contributed by atoms with E-state index in [1.807, 2.05) is 0 Å². The van der Waals surface area contributed by atoms with Crippen molar-refractivity contribution >= 4 is 36.3 Å². The summed E-state index contributed by atoms with van der Waals surface area (Å²) in [4.78, 5) is 19.9. The van der Waals surface area contributed by atoms with Crippen molar-refractivity contribution < 1.29 is 19.8 Å². The highest BCUT2D eigenvalue weighted by atomic mass is 32.2. The van der Waals surface area contributed by atoms with E-state index in [4.69, 9.17) is 15.9 Å². The summed E-state index contributed by atoms with van der Waals surface area (Å²) in [5.74, 6) is -0.0771. The van der Waals surface area contributed by atoms with Crippen LogP contribution in [0.15, 0.2) is 0 Å². The lowest BCUT2D eigenvalue weighted by Crippen LogP contribution is -2.32. The summed E-state index contributed by atoms with van der Waals surface area (Å²) < 4.78 is 0. The van der Waals surface area contributed by atoms with Gasteiger partial charge in [-0.1, -0.05) is 0 Å². The number of nitrogens with two attached hydrogens (primary N) is 1. The second kappa shape index (κ2) is 7.80. The first-order valence-corrected chi connectivity index (χ1v) is 5.91. The average molecular weight is 254 g/mol. The Morgan fingerprint density at radius 3 is 2.33 bits per heavy atom. The van der Waals surface area contributed by atoms with Crippen LogP contribution in [0.25, 0.3) is 0 Å². The Morgan fingerprint density at radius 2 is 2.20 bits per heavy atom. The Labute approximate surface area is 97.0 Å². The van der Waals surface area contributed by atoms with Crippen LogP contribution in [0, 0.1) is 0 Å². The number of rotatable bonds is 3. The summed E-state index contributed by atoms with van der Waals surface area (Å²) in [7, 11) is 0. The zero-order valence-electron chi connectivity index (χ0n) is 7.92. The van der Waals surface area contributed by atoms with E-state index in [1.165, 1.54) is 0 Å². The summed E-state index contributed by atoms with van der Waals surface area (Å²) in [6.45, 7) is 0. The minimum atomic E-state index is -1.00. The van der Waals surface area contributed by atoms with E-state index in [2.05, 4.69) is 17.9 Å². The molecule has 1 aliphatic rings. The lowest BCUT2D eigenvalue weighted by Gasteiger charge is -1.98. The molecule has 15 heavy (non-hydrogen) atoms. The van der Waals surface area contributed by atoms with Crippen LogP contribution in [0.5, 0.6) is 0 Å². The van der Waals surface area contributed by atoms with Gasteiger partial charge in [0, 0.05) is 17.4 Å². The van der Waals surface area contributed by atoms with E-state index in [-0.39, 0.29) is 11.8 Å². The van der Waals surface area contributed by atoms with E-state index >= 15 is 0 Å². The Hall–Kier alpha value is -0.440. The third-order valence-electron chi connectivity index (χ3n) is 1.53. The van der Waals surface area contributed by atoms with Gasteiger partial charge in [0.25, 0.3) is 0 Å². The van der Waals surface area contributed by atoms with Gasteiger partial charge < -0.3 is 15.9 Å². The van der Waals surface area contributed by atoms with Gasteiger partial charge in [0.1, 0.15) is 12.1 Å². The second-order valence-electron chi connectivity index (χ2n) is 2.74. The molecule has 6 nitrogen and oxygen atoms in total. The molecule has 0 aromatic carbocycles. The maximum absolute atomic E-state index is 10.1. The minimum absolute atomic E-state index is 0.190. The lowest BCUT2D eigenvalue weighted by molar-refractivity contribution is -0.139. The van der Waals surface area contributed by atoms with Crippen LogP contribution in [0.1, 0.15) is 0 Å². The largest absolute Gasteiger partial charge is 0.480 e. The molecule has 1 saturated heterocycles. The van der Waals surface area contributed by atoms with Crippen molar-refractivity contribution in [1.29, 1.82) is 0 Å². The van der Waals surface area contributed by atoms with Crippen LogP contribution in [0.4, 0.5) is 0 Å². The van der Waals surface area contributed by atoms with Gasteiger partial charge in [-0.3, -0.25) is 14.9 Å². The second-order valence-corrected chi connectivity index (χ2v) is 4.13. The van der Waals surface area contributed by atoms with Crippen molar-refractivity contribution in [3.05, 3.63) is 0 Å². The first kappa shape index (κ1) is 14.6. The van der Waals surface area contributed by atoms with Crippen LogP contribution in [0.2, 0.25) is 0 Å². The van der Waals surface area contributed by atoms with Crippen molar-refractivity contribution in [3.63, 3.8) is 0 Å². The summed E-state index contributed by atoms with van der Waals surface area (Å²) in [6, 6.07) is -1.12. The normalized spacial score (nSPS) is 21.3. The van der Waals surface area contributed by atoms with Gasteiger partial charge in [-0.15, -0.1) is 11.8 Å². The Balaban J connectivity index is 0.000000265. The van der Waals surface area contributed by atoms with Crippen molar-refractivity contribution in [3.8, 4) is 0 Å². The molecule has 1 heterocycles. The van der Waals surface area contributed by atoms with E-state index in [1.54, 1.807) is 11.8 Å². The summed E-state index contributed by atoms with van der Waals surface area (Å²) in [5, 5.41) is 19.2. The summed E-state index contributed by atoms with van der Waals surface area (Å²) in [6.07, 6.45) is 0. The molecule has 88 valence electrons. The van der Waals surface area contributed by atoms with Crippen LogP contribution < -0.4 is 11.1 Å². The first-order chi connectivity index (χ1) is 6.99. The summed E-state index contributed by atoms with van der Waals surface area (Å²) >= 11 is 5.27. The van der Waals surface area contributed by atoms with Crippen molar-refractivity contribution in [2.45, 2.75) is 12.1 Å². The zero-order valence-corrected chi connectivity index (χ0v) is 9.63. The highest BCUT2D eigenvalue weighted by Crippen LogP contribution is 2.08. The van der Waals surface area contributed by atoms with Crippen molar-refractivity contribution in [1.82, 2.24) is 5.32 Å². The predicted octanol–water partition coefficient (Wildman–Crippen LogP) is -0.938. The van der Waals surface area contributed by atoms with Gasteiger partial charge in [0.2, 0.25) is 0 Å². The number of hydrogen-bond donors (Lipinski definition) is 5. The predicted molar refractivity (Wildman–Crippen MR) is 61.3 cm³/mol. The molecule has 0 saturated carbocycles. The highest BCUT2D eigenvalue weighted by molar-refractivity contribution is 7.99. The van der Waals surface area contributed by atoms with Crippen LogP contribution in [0.3, 0.4) is 0 Å². The molecule has 1 aliphatic heterocycles. The number of nitrogens with one attached hydrogen (secondary N) is 1. The molecule has 1 rings (SSSR count). The van der Waals surface area contributed by atoms with E-state index in [0.29, 0.717) is 5.75 Å². The molecular formula is C7H14N2O4S2. The van der Waals surface area contributed by atoms with Gasteiger partial charge in [-0.2, -0.15) is 12.6 Å². The molecule has 0 aliphatic carbocycles. The van der Waals surface area contributed by atoms with Gasteiger partial charge in [-0.05, 0) is 0 Å². The maximum atomic E-state index is 10.1. The molecule has 0 aromatic rings. The Morgan fingerprint density at radius 1 is 1.60 bits per heavy atom. The Bertz CT molecular complexity index is 221. The van der Waals surface area contributed by atoms with Crippen molar-refractivity contribution in [2.75, 3.05) is 17.4 Å². The van der Waals surface area contributed by atoms with Gasteiger partial charge in [0.15, 0.2) is 0 Å². The van der Waals surface area contributed by atoms with E-state index in [9.17, 15) is 9.59 Å². The smallest absolute Gasteiger partial charge is 0.321 e. The van der Waals surface area contributed by atoms with Crippen LogP contribution >= 0.6 is 24.4 Å². The maximum Gasteiger partial charge on any atom is 0.321 e. The average Bonchev–Trinajstić information content (AvgIpc) is 2.70. The molecule has 0 spiro atoms. The molecule has 1 fully saturated rings. The molecule has 5 N–H and O–H groups in total. The fraction of sp³-hybridized carbons (Fsp3) is 0.714. The molecule has 2 unspecified atom stereocenters. The van der Waals surface area contributed by atoms with Crippen molar-refractivity contribution in [2.24, 2.45) is 5.73 Å². The Kier molecular flexibility index (Phi) is 7.57. The fourth-order valence-corrected chi connectivity index (χ4v) is 1.72. The fourth-order valence-electron chi connectivity index (χ4n) is 0.632. The van der Waals surface area contributed by atoms with Gasteiger partial charge in [-0.25, -0.2) is 0 Å². The molecule has 0 amide bonds. The topological polar surface area (TPSA) is 113 Å². The quantitative estimate of drug-likeness (QED) is 0.413.